The number of ketones is 1. The standard InChI is InChI=1S/C20H20O4S/c1-23-15-8-9-18(24-2)19(12-15)25-20-16(21)10-14(11-17(20)22)13-6-4-3-5-7-13/h3-9,12,14,21H,10-11H2,1-2H3. The Balaban J connectivity index is 1.87. The highest BCUT2D eigenvalue weighted by molar-refractivity contribution is 8.04. The first-order chi connectivity index (χ1) is 12.1. The molecule has 0 spiro atoms. The maximum absolute atomic E-state index is 12.6. The molecule has 1 aliphatic rings. The molecule has 1 N–H and O–H groups in total. The molecule has 1 unspecified atom stereocenters. The predicted octanol–water partition coefficient (Wildman–Crippen LogP) is 4.71. The lowest BCUT2D eigenvalue weighted by atomic mass is 9.86. The first-order valence-corrected chi connectivity index (χ1v) is 8.84. The number of ether oxygens (including phenoxy) is 2. The number of rotatable bonds is 5. The predicted molar refractivity (Wildman–Crippen MR) is 98.5 cm³/mol. The Morgan fingerprint density at radius 2 is 1.80 bits per heavy atom. The zero-order chi connectivity index (χ0) is 17.8. The fourth-order valence-corrected chi connectivity index (χ4v) is 3.97. The molecule has 0 aliphatic heterocycles. The summed E-state index contributed by atoms with van der Waals surface area (Å²) in [6, 6.07) is 15.2. The Hall–Kier alpha value is -2.40. The van der Waals surface area contributed by atoms with Crippen molar-refractivity contribution in [3.05, 3.63) is 64.8 Å². The Labute approximate surface area is 151 Å². The van der Waals surface area contributed by atoms with Gasteiger partial charge in [-0.3, -0.25) is 4.79 Å². The van der Waals surface area contributed by atoms with Gasteiger partial charge in [-0.25, -0.2) is 0 Å². The van der Waals surface area contributed by atoms with Gasteiger partial charge in [-0.15, -0.1) is 0 Å². The van der Waals surface area contributed by atoms with Crippen LogP contribution < -0.4 is 9.47 Å². The smallest absolute Gasteiger partial charge is 0.173 e. The minimum absolute atomic E-state index is 0.0188. The lowest BCUT2D eigenvalue weighted by Crippen LogP contribution is -2.17. The summed E-state index contributed by atoms with van der Waals surface area (Å²) in [4.78, 5) is 13.8. The van der Waals surface area contributed by atoms with Crippen molar-refractivity contribution in [2.24, 2.45) is 0 Å². The number of carbonyl (C=O) groups excluding carboxylic acids is 1. The van der Waals surface area contributed by atoms with Gasteiger partial charge in [0.2, 0.25) is 0 Å². The maximum atomic E-state index is 12.6. The number of allylic oxidation sites excluding steroid dienone is 2. The van der Waals surface area contributed by atoms with E-state index in [9.17, 15) is 9.90 Å². The van der Waals surface area contributed by atoms with E-state index in [-0.39, 0.29) is 17.5 Å². The number of Topliss-reactive ketones (excluding diaryl/α,β-unsaturated/α-hetero) is 1. The average molecular weight is 356 g/mol. The summed E-state index contributed by atoms with van der Waals surface area (Å²) in [5.41, 5.74) is 1.07. The highest BCUT2D eigenvalue weighted by atomic mass is 32.2. The van der Waals surface area contributed by atoms with E-state index in [2.05, 4.69) is 0 Å². The number of benzene rings is 2. The van der Waals surface area contributed by atoms with Gasteiger partial charge in [0.15, 0.2) is 5.78 Å². The van der Waals surface area contributed by atoms with Crippen molar-refractivity contribution in [3.8, 4) is 11.5 Å². The van der Waals surface area contributed by atoms with Crippen LogP contribution in [0.25, 0.3) is 0 Å². The Kier molecular flexibility index (Phi) is 5.34. The molecule has 0 saturated carbocycles. The second-order valence-electron chi connectivity index (χ2n) is 5.83. The zero-order valence-corrected chi connectivity index (χ0v) is 15.0. The van der Waals surface area contributed by atoms with Crippen LogP contribution in [0.1, 0.15) is 24.3 Å². The molecule has 0 saturated heterocycles. The van der Waals surface area contributed by atoms with Gasteiger partial charge in [0.1, 0.15) is 17.3 Å². The Morgan fingerprint density at radius 1 is 1.04 bits per heavy atom. The topological polar surface area (TPSA) is 55.8 Å². The van der Waals surface area contributed by atoms with Crippen molar-refractivity contribution < 1.29 is 19.4 Å². The second-order valence-corrected chi connectivity index (χ2v) is 6.89. The molecule has 3 rings (SSSR count). The van der Waals surface area contributed by atoms with Crippen LogP contribution in [0.4, 0.5) is 0 Å². The Morgan fingerprint density at radius 3 is 2.44 bits per heavy atom. The average Bonchev–Trinajstić information content (AvgIpc) is 2.65. The molecule has 0 aromatic heterocycles. The molecule has 1 aliphatic carbocycles. The summed E-state index contributed by atoms with van der Waals surface area (Å²) in [6.45, 7) is 0. The van der Waals surface area contributed by atoms with E-state index in [0.717, 1.165) is 10.5 Å². The van der Waals surface area contributed by atoms with E-state index < -0.39 is 0 Å². The molecule has 0 fully saturated rings. The van der Waals surface area contributed by atoms with E-state index in [4.69, 9.17) is 9.47 Å². The lowest BCUT2D eigenvalue weighted by Gasteiger charge is -2.23. The van der Waals surface area contributed by atoms with Crippen molar-refractivity contribution in [2.45, 2.75) is 23.7 Å². The van der Waals surface area contributed by atoms with E-state index in [1.165, 1.54) is 11.8 Å². The third kappa shape index (κ3) is 3.82. The number of carbonyl (C=O) groups is 1. The van der Waals surface area contributed by atoms with Gasteiger partial charge < -0.3 is 14.6 Å². The molecular weight excluding hydrogens is 336 g/mol. The molecule has 25 heavy (non-hydrogen) atoms. The number of aliphatic hydroxyl groups is 1. The number of aliphatic hydroxyl groups excluding tert-OH is 1. The summed E-state index contributed by atoms with van der Waals surface area (Å²) in [7, 11) is 3.16. The number of hydrogen-bond donors (Lipinski definition) is 1. The summed E-state index contributed by atoms with van der Waals surface area (Å²) >= 11 is 1.23. The van der Waals surface area contributed by atoms with Crippen molar-refractivity contribution in [1.29, 1.82) is 0 Å². The monoisotopic (exact) mass is 356 g/mol. The molecular formula is C20H20O4S. The van der Waals surface area contributed by atoms with Crippen LogP contribution in [0.15, 0.2) is 64.1 Å². The van der Waals surface area contributed by atoms with Gasteiger partial charge in [0.05, 0.1) is 24.0 Å². The number of thioether (sulfide) groups is 1. The molecule has 4 nitrogen and oxygen atoms in total. The van der Waals surface area contributed by atoms with Crippen LogP contribution in [0.2, 0.25) is 0 Å². The molecule has 0 heterocycles. The third-order valence-corrected chi connectivity index (χ3v) is 5.45. The normalized spacial score (nSPS) is 17.5. The minimum atomic E-state index is -0.0486. The summed E-state index contributed by atoms with van der Waals surface area (Å²) in [5.74, 6) is 1.43. The van der Waals surface area contributed by atoms with Crippen LogP contribution in [-0.4, -0.2) is 25.1 Å². The molecule has 1 atom stereocenters. The Bertz CT molecular complexity index is 799. The molecule has 0 radical (unpaired) electrons. The fraction of sp³-hybridized carbons (Fsp3) is 0.250. The van der Waals surface area contributed by atoms with Crippen molar-refractivity contribution in [2.75, 3.05) is 14.2 Å². The highest BCUT2D eigenvalue weighted by Crippen LogP contribution is 2.43. The van der Waals surface area contributed by atoms with Crippen molar-refractivity contribution >= 4 is 17.5 Å². The van der Waals surface area contributed by atoms with Gasteiger partial charge in [0.25, 0.3) is 0 Å². The molecule has 5 heteroatoms. The first-order valence-electron chi connectivity index (χ1n) is 8.02. The first kappa shape index (κ1) is 17.4. The molecule has 2 aromatic carbocycles. The SMILES string of the molecule is COc1ccc(OC)c(SC2=C(O)CC(c3ccccc3)CC2=O)c1. The number of hydrogen-bond acceptors (Lipinski definition) is 5. The van der Waals surface area contributed by atoms with Gasteiger partial charge in [-0.2, -0.15) is 0 Å². The van der Waals surface area contributed by atoms with E-state index in [1.807, 2.05) is 30.3 Å². The van der Waals surface area contributed by atoms with Gasteiger partial charge in [-0.1, -0.05) is 42.1 Å². The largest absolute Gasteiger partial charge is 0.511 e. The summed E-state index contributed by atoms with van der Waals surface area (Å²) in [5, 5.41) is 10.5. The van der Waals surface area contributed by atoms with Gasteiger partial charge in [0, 0.05) is 12.8 Å². The summed E-state index contributed by atoms with van der Waals surface area (Å²) < 4.78 is 10.6. The van der Waals surface area contributed by atoms with Crippen molar-refractivity contribution in [1.82, 2.24) is 0 Å². The van der Waals surface area contributed by atoms with E-state index >= 15 is 0 Å². The van der Waals surface area contributed by atoms with Gasteiger partial charge >= 0.3 is 0 Å². The minimum Gasteiger partial charge on any atom is -0.511 e. The number of methoxy groups -OCH3 is 2. The highest BCUT2D eigenvalue weighted by Gasteiger charge is 2.29. The van der Waals surface area contributed by atoms with Crippen molar-refractivity contribution in [3.63, 3.8) is 0 Å². The van der Waals surface area contributed by atoms with Crippen LogP contribution in [0.5, 0.6) is 11.5 Å². The molecule has 2 aromatic rings. The quantitative estimate of drug-likeness (QED) is 0.841. The van der Waals surface area contributed by atoms with Crippen LogP contribution >= 0.6 is 11.8 Å². The maximum Gasteiger partial charge on any atom is 0.173 e. The molecule has 0 amide bonds. The lowest BCUT2D eigenvalue weighted by molar-refractivity contribution is -0.115. The fourth-order valence-electron chi connectivity index (χ4n) is 2.93. The van der Waals surface area contributed by atoms with E-state index in [1.54, 1.807) is 32.4 Å². The third-order valence-electron chi connectivity index (χ3n) is 4.24. The van der Waals surface area contributed by atoms with Crippen LogP contribution in [-0.2, 0) is 4.79 Å². The second kappa shape index (κ2) is 7.66. The molecule has 0 bridgehead atoms. The summed E-state index contributed by atoms with van der Waals surface area (Å²) in [6.07, 6.45) is 0.854. The van der Waals surface area contributed by atoms with E-state index in [0.29, 0.717) is 29.2 Å². The zero-order valence-electron chi connectivity index (χ0n) is 14.2. The van der Waals surface area contributed by atoms with Crippen LogP contribution in [0, 0.1) is 0 Å². The van der Waals surface area contributed by atoms with Crippen LogP contribution in [0.3, 0.4) is 0 Å². The molecule has 130 valence electrons. The van der Waals surface area contributed by atoms with Gasteiger partial charge in [-0.05, 0) is 29.7 Å².